The lowest BCUT2D eigenvalue weighted by Crippen LogP contribution is -2.39. The Balaban J connectivity index is 2.28. The molecule has 1 atom stereocenters. The van der Waals surface area contributed by atoms with Crippen molar-refractivity contribution < 1.29 is 31.1 Å². The van der Waals surface area contributed by atoms with Crippen molar-refractivity contribution in [3.05, 3.63) is 0 Å². The highest BCUT2D eigenvalue weighted by molar-refractivity contribution is 7.88. The minimum atomic E-state index is -4.39. The maximum Gasteiger partial charge on any atom is 0.411 e. The number of hydrogen-bond acceptors (Lipinski definition) is 4. The molecule has 1 fully saturated rings. The molecule has 0 aromatic carbocycles. The van der Waals surface area contributed by atoms with Crippen molar-refractivity contribution in [2.45, 2.75) is 31.9 Å². The molecule has 0 bridgehead atoms. The molecule has 1 saturated heterocycles. The predicted molar refractivity (Wildman–Crippen MR) is 70.3 cm³/mol. The quantitative estimate of drug-likeness (QED) is 0.665. The number of ketones is 1. The lowest BCUT2D eigenvalue weighted by atomic mass is 9.93. The van der Waals surface area contributed by atoms with E-state index in [0.717, 1.165) is 12.7 Å². The topological polar surface area (TPSA) is 63.7 Å². The molecule has 1 rings (SSSR count). The van der Waals surface area contributed by atoms with E-state index in [2.05, 4.69) is 4.74 Å². The van der Waals surface area contributed by atoms with Crippen LogP contribution >= 0.6 is 0 Å². The van der Waals surface area contributed by atoms with E-state index in [4.69, 9.17) is 0 Å². The van der Waals surface area contributed by atoms with Gasteiger partial charge in [0.2, 0.25) is 10.0 Å². The van der Waals surface area contributed by atoms with Crippen molar-refractivity contribution in [3.8, 4) is 0 Å². The number of carbonyl (C=O) groups is 1. The molecular formula is C12H20F3NO4S. The zero-order valence-corrected chi connectivity index (χ0v) is 12.7. The van der Waals surface area contributed by atoms with E-state index in [1.54, 1.807) is 0 Å². The van der Waals surface area contributed by atoms with Gasteiger partial charge in [-0.15, -0.1) is 0 Å². The number of alkyl halides is 3. The van der Waals surface area contributed by atoms with Crippen LogP contribution in [0.3, 0.4) is 0 Å². The molecule has 1 aliphatic rings. The average Bonchev–Trinajstić information content (AvgIpc) is 2.33. The van der Waals surface area contributed by atoms with E-state index < -0.39 is 22.8 Å². The van der Waals surface area contributed by atoms with E-state index >= 15 is 0 Å². The molecule has 9 heteroatoms. The summed E-state index contributed by atoms with van der Waals surface area (Å²) in [5.41, 5.74) is 0. The number of rotatable bonds is 7. The van der Waals surface area contributed by atoms with Gasteiger partial charge in [0.15, 0.2) is 0 Å². The van der Waals surface area contributed by atoms with Crippen LogP contribution in [0, 0.1) is 5.92 Å². The van der Waals surface area contributed by atoms with Gasteiger partial charge < -0.3 is 4.74 Å². The molecule has 0 spiro atoms. The van der Waals surface area contributed by atoms with Crippen molar-refractivity contribution in [2.24, 2.45) is 5.92 Å². The Hall–Kier alpha value is -0.670. The number of ether oxygens (including phenoxy) is 1. The van der Waals surface area contributed by atoms with Crippen LogP contribution in [0.25, 0.3) is 0 Å². The van der Waals surface area contributed by atoms with E-state index in [1.165, 1.54) is 4.31 Å². The van der Waals surface area contributed by atoms with Gasteiger partial charge in [0, 0.05) is 25.9 Å². The highest BCUT2D eigenvalue weighted by atomic mass is 32.2. The zero-order chi connectivity index (χ0) is 16.1. The van der Waals surface area contributed by atoms with E-state index in [1.807, 2.05) is 0 Å². The Labute approximate surface area is 122 Å². The fourth-order valence-corrected chi connectivity index (χ4v) is 3.23. The van der Waals surface area contributed by atoms with Crippen LogP contribution in [0.1, 0.15) is 25.7 Å². The van der Waals surface area contributed by atoms with Crippen LogP contribution < -0.4 is 0 Å². The molecule has 21 heavy (non-hydrogen) atoms. The lowest BCUT2D eigenvalue weighted by molar-refractivity contribution is -0.174. The largest absolute Gasteiger partial charge is 0.411 e. The number of carbonyl (C=O) groups excluding carboxylic acids is 1. The minimum Gasteiger partial charge on any atom is -0.372 e. The Morgan fingerprint density at radius 3 is 2.62 bits per heavy atom. The third kappa shape index (κ3) is 7.77. The highest BCUT2D eigenvalue weighted by Crippen LogP contribution is 2.22. The Morgan fingerprint density at radius 1 is 1.38 bits per heavy atom. The van der Waals surface area contributed by atoms with Crippen LogP contribution in [-0.2, 0) is 19.6 Å². The van der Waals surface area contributed by atoms with Gasteiger partial charge >= 0.3 is 6.18 Å². The summed E-state index contributed by atoms with van der Waals surface area (Å²) < 4.78 is 64.1. The first-order valence-corrected chi connectivity index (χ1v) is 8.54. The number of hydrogen-bond donors (Lipinski definition) is 0. The normalized spacial score (nSPS) is 21.4. The van der Waals surface area contributed by atoms with Crippen LogP contribution in [-0.4, -0.2) is 57.2 Å². The second kappa shape index (κ2) is 7.55. The first kappa shape index (κ1) is 18.4. The van der Waals surface area contributed by atoms with Crippen molar-refractivity contribution in [2.75, 3.05) is 32.6 Å². The molecule has 0 saturated carbocycles. The molecular weight excluding hydrogens is 311 g/mol. The molecule has 1 heterocycles. The van der Waals surface area contributed by atoms with Gasteiger partial charge in [-0.05, 0) is 18.8 Å². The van der Waals surface area contributed by atoms with Crippen LogP contribution in [0.15, 0.2) is 0 Å². The maximum atomic E-state index is 11.8. The van der Waals surface area contributed by atoms with Gasteiger partial charge in [-0.2, -0.15) is 13.2 Å². The summed E-state index contributed by atoms with van der Waals surface area (Å²) in [6, 6.07) is 0. The minimum absolute atomic E-state index is 0.0661. The molecule has 0 aromatic heterocycles. The second-order valence-corrected chi connectivity index (χ2v) is 7.27. The van der Waals surface area contributed by atoms with E-state index in [9.17, 15) is 26.4 Å². The average molecular weight is 331 g/mol. The number of sulfonamides is 1. The molecule has 5 nitrogen and oxygen atoms in total. The Morgan fingerprint density at radius 2 is 2.05 bits per heavy atom. The van der Waals surface area contributed by atoms with Crippen molar-refractivity contribution in [1.29, 1.82) is 0 Å². The number of Topliss-reactive ketones (excluding diaryl/α,β-unsaturated/α-hetero) is 1. The fraction of sp³-hybridized carbons (Fsp3) is 0.917. The smallest absolute Gasteiger partial charge is 0.372 e. The summed E-state index contributed by atoms with van der Waals surface area (Å²) in [7, 11) is -3.26. The van der Waals surface area contributed by atoms with Gasteiger partial charge in [-0.3, -0.25) is 4.79 Å². The second-order valence-electron chi connectivity index (χ2n) is 5.29. The molecule has 0 amide bonds. The summed E-state index contributed by atoms with van der Waals surface area (Å²) in [5.74, 6) is -0.263. The van der Waals surface area contributed by atoms with Crippen molar-refractivity contribution >= 4 is 15.8 Å². The lowest BCUT2D eigenvalue weighted by Gasteiger charge is -2.30. The van der Waals surface area contributed by atoms with Gasteiger partial charge in [0.05, 0.1) is 12.9 Å². The maximum absolute atomic E-state index is 11.8. The summed E-state index contributed by atoms with van der Waals surface area (Å²) in [6.07, 6.45) is -1.71. The number of halogens is 3. The molecule has 1 aliphatic heterocycles. The molecule has 0 aliphatic carbocycles. The summed E-state index contributed by atoms with van der Waals surface area (Å²) in [4.78, 5) is 11.7. The summed E-state index contributed by atoms with van der Waals surface area (Å²) in [6.45, 7) is -0.862. The zero-order valence-electron chi connectivity index (χ0n) is 11.9. The Bertz CT molecular complexity index is 450. The molecule has 0 N–H and O–H groups in total. The van der Waals surface area contributed by atoms with Gasteiger partial charge in [0.1, 0.15) is 12.4 Å². The summed E-state index contributed by atoms with van der Waals surface area (Å²) >= 11 is 0. The first-order chi connectivity index (χ1) is 9.58. The standard InChI is InChI=1S/C12H20F3NO4S/c1-21(18,19)16-5-2-3-10(8-16)7-11(17)4-6-20-9-12(13,14)15/h10H,2-9H2,1H3. The Kier molecular flexibility index (Phi) is 6.61. The van der Waals surface area contributed by atoms with Crippen molar-refractivity contribution in [3.63, 3.8) is 0 Å². The third-order valence-corrected chi connectivity index (χ3v) is 4.53. The molecule has 1 unspecified atom stereocenters. The van der Waals surface area contributed by atoms with Gasteiger partial charge in [0.25, 0.3) is 0 Å². The highest BCUT2D eigenvalue weighted by Gasteiger charge is 2.28. The fourth-order valence-electron chi connectivity index (χ4n) is 2.29. The van der Waals surface area contributed by atoms with Crippen LogP contribution in [0.2, 0.25) is 0 Å². The SMILES string of the molecule is CS(=O)(=O)N1CCCC(CC(=O)CCOCC(F)(F)F)C1. The number of piperidine rings is 1. The third-order valence-electron chi connectivity index (χ3n) is 3.26. The first-order valence-electron chi connectivity index (χ1n) is 6.69. The van der Waals surface area contributed by atoms with E-state index in [0.29, 0.717) is 19.5 Å². The van der Waals surface area contributed by atoms with Crippen molar-refractivity contribution in [1.82, 2.24) is 4.31 Å². The van der Waals surface area contributed by atoms with Gasteiger partial charge in [-0.25, -0.2) is 12.7 Å². The monoisotopic (exact) mass is 331 g/mol. The molecule has 0 aromatic rings. The van der Waals surface area contributed by atoms with Crippen LogP contribution in [0.4, 0.5) is 13.2 Å². The predicted octanol–water partition coefficient (Wildman–Crippen LogP) is 1.59. The molecule has 0 radical (unpaired) electrons. The summed E-state index contributed by atoms with van der Waals surface area (Å²) in [5, 5.41) is 0. The molecule has 124 valence electrons. The number of nitrogens with zero attached hydrogens (tertiary/aromatic N) is 1. The van der Waals surface area contributed by atoms with Crippen LogP contribution in [0.5, 0.6) is 0 Å². The van der Waals surface area contributed by atoms with E-state index in [-0.39, 0.29) is 31.1 Å². The van der Waals surface area contributed by atoms with Gasteiger partial charge in [-0.1, -0.05) is 0 Å².